The lowest BCUT2D eigenvalue weighted by molar-refractivity contribution is -0.122. The van der Waals surface area contributed by atoms with Crippen molar-refractivity contribution in [1.29, 1.82) is 0 Å². The van der Waals surface area contributed by atoms with Crippen LogP contribution in [0.25, 0.3) is 0 Å². The fourth-order valence-corrected chi connectivity index (χ4v) is 2.52. The largest absolute Gasteiger partial charge is 0.389 e. The van der Waals surface area contributed by atoms with Gasteiger partial charge in [-0.2, -0.15) is 0 Å². The zero-order chi connectivity index (χ0) is 11.5. The van der Waals surface area contributed by atoms with Gasteiger partial charge < -0.3 is 15.5 Å². The van der Waals surface area contributed by atoms with Gasteiger partial charge in [-0.25, -0.2) is 0 Å². The summed E-state index contributed by atoms with van der Waals surface area (Å²) in [6.07, 6.45) is 3.14. The molecule has 1 aliphatic carbocycles. The van der Waals surface area contributed by atoms with Gasteiger partial charge in [0.1, 0.15) is 0 Å². The van der Waals surface area contributed by atoms with Gasteiger partial charge in [0.25, 0.3) is 0 Å². The van der Waals surface area contributed by atoms with Crippen LogP contribution in [0.15, 0.2) is 0 Å². The molecular formula is C11H20N2O3. The molecule has 0 aromatic rings. The molecule has 5 nitrogen and oxygen atoms in total. The maximum absolute atomic E-state index is 11.7. The predicted molar refractivity (Wildman–Crippen MR) is 58.9 cm³/mol. The van der Waals surface area contributed by atoms with Crippen LogP contribution >= 0.6 is 0 Å². The second-order valence-electron chi connectivity index (χ2n) is 4.88. The molecule has 0 aromatic heterocycles. The molecule has 1 aliphatic heterocycles. The summed E-state index contributed by atoms with van der Waals surface area (Å²) >= 11 is 0. The number of hydrogen-bond donors (Lipinski definition) is 3. The van der Waals surface area contributed by atoms with Crippen LogP contribution in [0.4, 0.5) is 0 Å². The van der Waals surface area contributed by atoms with E-state index < -0.39 is 12.2 Å². The number of carbonyl (C=O) groups is 1. The minimum absolute atomic E-state index is 0.00759. The third-order valence-corrected chi connectivity index (χ3v) is 3.42. The number of aliphatic hydroxyl groups is 2. The number of rotatable bonds is 3. The van der Waals surface area contributed by atoms with Crippen LogP contribution in [0.3, 0.4) is 0 Å². The lowest BCUT2D eigenvalue weighted by atomic mass is 10.2. The van der Waals surface area contributed by atoms with E-state index in [9.17, 15) is 15.0 Å². The third kappa shape index (κ3) is 2.93. The number of carbonyl (C=O) groups excluding carboxylic acids is 1. The van der Waals surface area contributed by atoms with Gasteiger partial charge in [-0.3, -0.25) is 9.69 Å². The maximum Gasteiger partial charge on any atom is 0.234 e. The lowest BCUT2D eigenvalue weighted by Gasteiger charge is -2.17. The van der Waals surface area contributed by atoms with E-state index >= 15 is 0 Å². The van der Waals surface area contributed by atoms with Gasteiger partial charge in [-0.15, -0.1) is 0 Å². The first kappa shape index (κ1) is 11.8. The van der Waals surface area contributed by atoms with Gasteiger partial charge in [0.2, 0.25) is 5.91 Å². The Balaban J connectivity index is 1.71. The smallest absolute Gasteiger partial charge is 0.234 e. The van der Waals surface area contributed by atoms with E-state index in [1.165, 1.54) is 12.8 Å². The Labute approximate surface area is 95.4 Å². The number of amides is 1. The first-order valence-electron chi connectivity index (χ1n) is 6.03. The number of β-amino-alcohol motifs (C(OH)–C–C–N with tert-alkyl or cyclic N) is 2. The van der Waals surface area contributed by atoms with Crippen molar-refractivity contribution in [2.45, 2.75) is 43.9 Å². The topological polar surface area (TPSA) is 72.8 Å². The second kappa shape index (κ2) is 5.12. The normalized spacial score (nSPS) is 32.1. The Morgan fingerprint density at radius 3 is 2.31 bits per heavy atom. The Morgan fingerprint density at radius 2 is 1.75 bits per heavy atom. The minimum Gasteiger partial charge on any atom is -0.389 e. The molecule has 0 spiro atoms. The summed E-state index contributed by atoms with van der Waals surface area (Å²) in [7, 11) is 0. The van der Waals surface area contributed by atoms with Crippen molar-refractivity contribution in [3.8, 4) is 0 Å². The van der Waals surface area contributed by atoms with E-state index in [4.69, 9.17) is 0 Å². The number of likely N-dealkylation sites (tertiary alicyclic amines) is 1. The van der Waals surface area contributed by atoms with Crippen molar-refractivity contribution in [2.75, 3.05) is 19.6 Å². The van der Waals surface area contributed by atoms with Crippen molar-refractivity contribution >= 4 is 5.91 Å². The molecule has 2 rings (SSSR count). The summed E-state index contributed by atoms with van der Waals surface area (Å²) in [5.41, 5.74) is 0. The molecule has 2 fully saturated rings. The predicted octanol–water partition coefficient (Wildman–Crippen LogP) is -0.917. The average molecular weight is 228 g/mol. The van der Waals surface area contributed by atoms with Crippen molar-refractivity contribution < 1.29 is 15.0 Å². The highest BCUT2D eigenvalue weighted by atomic mass is 16.3. The van der Waals surface area contributed by atoms with Crippen LogP contribution in [0.1, 0.15) is 25.7 Å². The fraction of sp³-hybridized carbons (Fsp3) is 0.909. The minimum atomic E-state index is -0.709. The van der Waals surface area contributed by atoms with Gasteiger partial charge in [0.15, 0.2) is 0 Å². The molecule has 2 aliphatic rings. The SMILES string of the molecule is O=C(CN1C[C@@H](O)[C@@H](O)C1)NC1CCCC1. The summed E-state index contributed by atoms with van der Waals surface area (Å²) in [4.78, 5) is 13.4. The monoisotopic (exact) mass is 228 g/mol. The Kier molecular flexibility index (Phi) is 3.78. The molecule has 1 saturated heterocycles. The highest BCUT2D eigenvalue weighted by Gasteiger charge is 2.30. The number of nitrogens with zero attached hydrogens (tertiary/aromatic N) is 1. The van der Waals surface area contributed by atoms with Gasteiger partial charge in [0, 0.05) is 19.1 Å². The molecule has 5 heteroatoms. The van der Waals surface area contributed by atoms with E-state index in [2.05, 4.69) is 5.32 Å². The summed E-state index contributed by atoms with van der Waals surface area (Å²) in [6, 6.07) is 0.338. The molecule has 1 amide bonds. The second-order valence-corrected chi connectivity index (χ2v) is 4.88. The molecule has 1 heterocycles. The summed E-state index contributed by atoms with van der Waals surface area (Å²) in [5.74, 6) is 0.00759. The molecule has 0 aromatic carbocycles. The molecule has 3 N–H and O–H groups in total. The molecule has 0 radical (unpaired) electrons. The van der Waals surface area contributed by atoms with E-state index in [0.717, 1.165) is 12.8 Å². The molecule has 16 heavy (non-hydrogen) atoms. The highest BCUT2D eigenvalue weighted by Crippen LogP contribution is 2.17. The van der Waals surface area contributed by atoms with E-state index in [-0.39, 0.29) is 12.5 Å². The van der Waals surface area contributed by atoms with Crippen LogP contribution in [0, 0.1) is 0 Å². The van der Waals surface area contributed by atoms with Gasteiger partial charge in [0.05, 0.1) is 18.8 Å². The van der Waals surface area contributed by atoms with Crippen LogP contribution < -0.4 is 5.32 Å². The van der Waals surface area contributed by atoms with E-state index in [1.807, 2.05) is 0 Å². The fourth-order valence-electron chi connectivity index (χ4n) is 2.52. The molecular weight excluding hydrogens is 208 g/mol. The molecule has 92 valence electrons. The van der Waals surface area contributed by atoms with Crippen LogP contribution in [0.2, 0.25) is 0 Å². The van der Waals surface area contributed by atoms with Crippen molar-refractivity contribution in [1.82, 2.24) is 10.2 Å². The maximum atomic E-state index is 11.7. The Hall–Kier alpha value is -0.650. The zero-order valence-corrected chi connectivity index (χ0v) is 9.43. The van der Waals surface area contributed by atoms with Crippen molar-refractivity contribution in [3.05, 3.63) is 0 Å². The number of aliphatic hydroxyl groups excluding tert-OH is 2. The lowest BCUT2D eigenvalue weighted by Crippen LogP contribution is -2.40. The number of hydrogen-bond acceptors (Lipinski definition) is 4. The standard InChI is InChI=1S/C11H20N2O3/c14-9-5-13(6-10(9)15)7-11(16)12-8-3-1-2-4-8/h8-10,14-15H,1-7H2,(H,12,16)/t9-,10+. The highest BCUT2D eigenvalue weighted by molar-refractivity contribution is 5.78. The molecule has 0 bridgehead atoms. The Morgan fingerprint density at radius 1 is 1.19 bits per heavy atom. The van der Waals surface area contributed by atoms with Gasteiger partial charge in [-0.1, -0.05) is 12.8 Å². The van der Waals surface area contributed by atoms with Crippen molar-refractivity contribution in [2.24, 2.45) is 0 Å². The summed E-state index contributed by atoms with van der Waals surface area (Å²) in [5, 5.41) is 21.7. The Bertz CT molecular complexity index is 244. The average Bonchev–Trinajstić information content (AvgIpc) is 2.78. The molecule has 2 atom stereocenters. The van der Waals surface area contributed by atoms with Crippen molar-refractivity contribution in [3.63, 3.8) is 0 Å². The summed E-state index contributed by atoms with van der Waals surface area (Å²) in [6.45, 7) is 1.06. The van der Waals surface area contributed by atoms with Crippen LogP contribution in [-0.4, -0.2) is 58.9 Å². The van der Waals surface area contributed by atoms with E-state index in [0.29, 0.717) is 19.1 Å². The quantitative estimate of drug-likeness (QED) is 0.584. The van der Waals surface area contributed by atoms with Gasteiger partial charge >= 0.3 is 0 Å². The molecule has 1 saturated carbocycles. The zero-order valence-electron chi connectivity index (χ0n) is 9.43. The summed E-state index contributed by atoms with van der Waals surface area (Å²) < 4.78 is 0. The van der Waals surface area contributed by atoms with Crippen LogP contribution in [0.5, 0.6) is 0 Å². The van der Waals surface area contributed by atoms with Gasteiger partial charge in [-0.05, 0) is 12.8 Å². The third-order valence-electron chi connectivity index (χ3n) is 3.42. The van der Waals surface area contributed by atoms with Crippen LogP contribution in [-0.2, 0) is 4.79 Å². The first-order chi connectivity index (χ1) is 7.65. The number of nitrogens with one attached hydrogen (secondary N) is 1. The first-order valence-corrected chi connectivity index (χ1v) is 6.03. The van der Waals surface area contributed by atoms with E-state index in [1.54, 1.807) is 4.90 Å². The molecule has 0 unspecified atom stereocenters.